The molecule has 1 aromatic carbocycles. The van der Waals surface area contributed by atoms with Crippen LogP contribution in [0.4, 0.5) is 0 Å². The Morgan fingerprint density at radius 1 is 1.33 bits per heavy atom. The molecule has 2 rings (SSSR count). The van der Waals surface area contributed by atoms with Gasteiger partial charge in [-0.05, 0) is 49.2 Å². The lowest BCUT2D eigenvalue weighted by Crippen LogP contribution is -2.39. The number of hydrogen-bond acceptors (Lipinski definition) is 4. The number of carbonyl (C=O) groups is 1. The molecular formula is C13H18N2OS2. The van der Waals surface area contributed by atoms with E-state index in [9.17, 15) is 4.79 Å². The number of carbonyl (C=O) groups excluding carboxylic acids is 1. The Morgan fingerprint density at radius 2 is 2.06 bits per heavy atom. The summed E-state index contributed by atoms with van der Waals surface area (Å²) in [5.74, 6) is 0. The van der Waals surface area contributed by atoms with Gasteiger partial charge in [-0.15, -0.1) is 11.8 Å². The van der Waals surface area contributed by atoms with Crippen molar-refractivity contribution in [2.24, 2.45) is 0 Å². The summed E-state index contributed by atoms with van der Waals surface area (Å²) in [6, 6.07) is 8.98. The van der Waals surface area contributed by atoms with Crippen LogP contribution in [0.3, 0.4) is 0 Å². The molecule has 0 bridgehead atoms. The van der Waals surface area contributed by atoms with Gasteiger partial charge in [0, 0.05) is 28.9 Å². The fourth-order valence-corrected chi connectivity index (χ4v) is 3.56. The maximum Gasteiger partial charge on any atom is 0.207 e. The lowest BCUT2D eigenvalue weighted by atomic mass is 10.1. The van der Waals surface area contributed by atoms with Crippen LogP contribution in [0.2, 0.25) is 0 Å². The van der Waals surface area contributed by atoms with Gasteiger partial charge in [-0.25, -0.2) is 4.31 Å². The molecule has 1 fully saturated rings. The molecule has 1 N–H and O–H groups in total. The minimum atomic E-state index is 0.358. The smallest absolute Gasteiger partial charge is 0.207 e. The molecule has 0 saturated carbocycles. The van der Waals surface area contributed by atoms with Gasteiger partial charge in [0.05, 0.1) is 0 Å². The maximum atomic E-state index is 10.4. The zero-order valence-corrected chi connectivity index (χ0v) is 12.1. The van der Waals surface area contributed by atoms with E-state index < -0.39 is 0 Å². The molecule has 0 atom stereocenters. The maximum absolute atomic E-state index is 10.4. The largest absolute Gasteiger partial charge is 0.356 e. The van der Waals surface area contributed by atoms with Gasteiger partial charge in [-0.2, -0.15) is 0 Å². The third-order valence-corrected chi connectivity index (χ3v) is 4.85. The van der Waals surface area contributed by atoms with Gasteiger partial charge in [-0.3, -0.25) is 4.79 Å². The van der Waals surface area contributed by atoms with Crippen LogP contribution in [0.5, 0.6) is 0 Å². The molecule has 1 heterocycles. The van der Waals surface area contributed by atoms with E-state index in [2.05, 4.69) is 40.1 Å². The van der Waals surface area contributed by atoms with Crippen molar-refractivity contribution in [1.29, 1.82) is 0 Å². The molecule has 0 unspecified atom stereocenters. The van der Waals surface area contributed by atoms with Gasteiger partial charge in [0.25, 0.3) is 0 Å². The number of benzene rings is 1. The molecule has 3 nitrogen and oxygen atoms in total. The predicted octanol–water partition coefficient (Wildman–Crippen LogP) is 2.63. The van der Waals surface area contributed by atoms with Gasteiger partial charge >= 0.3 is 0 Å². The molecule has 0 aromatic heterocycles. The summed E-state index contributed by atoms with van der Waals surface area (Å²) in [7, 11) is 0. The fraction of sp³-hybridized carbons (Fsp3) is 0.462. The highest BCUT2D eigenvalue weighted by atomic mass is 32.2. The molecule has 0 spiro atoms. The van der Waals surface area contributed by atoms with Crippen molar-refractivity contribution in [1.82, 2.24) is 9.62 Å². The van der Waals surface area contributed by atoms with E-state index in [1.807, 2.05) is 11.9 Å². The van der Waals surface area contributed by atoms with Gasteiger partial charge in [0.15, 0.2) is 0 Å². The topological polar surface area (TPSA) is 32.3 Å². The minimum Gasteiger partial charge on any atom is -0.356 e. The van der Waals surface area contributed by atoms with Crippen LogP contribution in [0.15, 0.2) is 34.1 Å². The Bertz CT molecular complexity index is 392. The standard InChI is InChI=1S/C13H18N2OS2/c1-17-12-3-2-4-13(9-12)18-15-7-5-11(6-8-15)14-10-16/h2-4,9-11H,5-8H2,1H3,(H,14,16). The summed E-state index contributed by atoms with van der Waals surface area (Å²) in [6.07, 6.45) is 4.98. The van der Waals surface area contributed by atoms with Crippen LogP contribution >= 0.6 is 23.7 Å². The number of piperidine rings is 1. The van der Waals surface area contributed by atoms with E-state index >= 15 is 0 Å². The third-order valence-electron chi connectivity index (χ3n) is 3.03. The summed E-state index contributed by atoms with van der Waals surface area (Å²) in [6.45, 7) is 2.05. The zero-order valence-electron chi connectivity index (χ0n) is 10.5. The lowest BCUT2D eigenvalue weighted by molar-refractivity contribution is -0.110. The van der Waals surface area contributed by atoms with Crippen LogP contribution < -0.4 is 5.32 Å². The summed E-state index contributed by atoms with van der Waals surface area (Å²) < 4.78 is 2.38. The Kier molecular flexibility index (Phi) is 5.41. The van der Waals surface area contributed by atoms with Crippen molar-refractivity contribution in [2.45, 2.75) is 28.7 Å². The van der Waals surface area contributed by atoms with Crippen molar-refractivity contribution in [3.8, 4) is 0 Å². The molecule has 1 aliphatic heterocycles. The SMILES string of the molecule is CSc1cccc(SN2CCC(NC=O)CC2)c1. The number of hydrogen-bond donors (Lipinski definition) is 1. The molecule has 1 amide bonds. The number of nitrogens with zero attached hydrogens (tertiary/aromatic N) is 1. The molecule has 1 aromatic rings. The first-order valence-corrected chi connectivity index (χ1v) is 8.08. The number of thioether (sulfide) groups is 1. The van der Waals surface area contributed by atoms with E-state index in [1.165, 1.54) is 9.79 Å². The average molecular weight is 282 g/mol. The first-order valence-electron chi connectivity index (χ1n) is 6.08. The third kappa shape index (κ3) is 3.93. The normalized spacial score (nSPS) is 17.6. The zero-order chi connectivity index (χ0) is 12.8. The highest BCUT2D eigenvalue weighted by molar-refractivity contribution is 7.99. The summed E-state index contributed by atoms with van der Waals surface area (Å²) >= 11 is 3.59. The Hall–Kier alpha value is -0.650. The van der Waals surface area contributed by atoms with Crippen LogP contribution in [-0.4, -0.2) is 36.1 Å². The van der Waals surface area contributed by atoms with Crippen molar-refractivity contribution in [2.75, 3.05) is 19.3 Å². The number of rotatable bonds is 5. The van der Waals surface area contributed by atoms with Crippen LogP contribution in [0.25, 0.3) is 0 Å². The highest BCUT2D eigenvalue weighted by Gasteiger charge is 2.19. The van der Waals surface area contributed by atoms with Gasteiger partial charge in [-0.1, -0.05) is 6.07 Å². The van der Waals surface area contributed by atoms with Crippen molar-refractivity contribution in [3.05, 3.63) is 24.3 Å². The number of amides is 1. The average Bonchev–Trinajstić information content (AvgIpc) is 2.42. The monoisotopic (exact) mass is 282 g/mol. The highest BCUT2D eigenvalue weighted by Crippen LogP contribution is 2.28. The Balaban J connectivity index is 1.85. The molecule has 98 valence electrons. The van der Waals surface area contributed by atoms with E-state index in [4.69, 9.17) is 0 Å². The first-order chi connectivity index (χ1) is 8.81. The number of nitrogens with one attached hydrogen (secondary N) is 1. The molecule has 1 saturated heterocycles. The van der Waals surface area contributed by atoms with Gasteiger partial charge in [0.2, 0.25) is 6.41 Å². The van der Waals surface area contributed by atoms with Gasteiger partial charge in [0.1, 0.15) is 0 Å². The van der Waals surface area contributed by atoms with Crippen LogP contribution in [-0.2, 0) is 4.79 Å². The second-order valence-corrected chi connectivity index (χ2v) is 6.31. The Labute approximate surface area is 117 Å². The molecule has 18 heavy (non-hydrogen) atoms. The van der Waals surface area contributed by atoms with E-state index in [0.29, 0.717) is 6.04 Å². The summed E-state index contributed by atoms with van der Waals surface area (Å²) in [5, 5.41) is 2.87. The fourth-order valence-electron chi connectivity index (χ4n) is 2.02. The van der Waals surface area contributed by atoms with E-state index in [-0.39, 0.29) is 0 Å². The molecular weight excluding hydrogens is 264 g/mol. The molecule has 5 heteroatoms. The van der Waals surface area contributed by atoms with E-state index in [0.717, 1.165) is 32.3 Å². The Morgan fingerprint density at radius 3 is 2.72 bits per heavy atom. The second-order valence-electron chi connectivity index (χ2n) is 4.26. The van der Waals surface area contributed by atoms with E-state index in [1.54, 1.807) is 11.8 Å². The van der Waals surface area contributed by atoms with Crippen molar-refractivity contribution < 1.29 is 4.79 Å². The van der Waals surface area contributed by atoms with Crippen molar-refractivity contribution in [3.63, 3.8) is 0 Å². The second kappa shape index (κ2) is 7.07. The van der Waals surface area contributed by atoms with Crippen molar-refractivity contribution >= 4 is 30.1 Å². The minimum absolute atomic E-state index is 0.358. The quantitative estimate of drug-likeness (QED) is 0.511. The molecule has 1 aliphatic rings. The van der Waals surface area contributed by atoms with Crippen LogP contribution in [0.1, 0.15) is 12.8 Å². The first kappa shape index (κ1) is 13.8. The molecule has 0 aliphatic carbocycles. The summed E-state index contributed by atoms with van der Waals surface area (Å²) in [5.41, 5.74) is 0. The molecule has 0 radical (unpaired) electrons. The lowest BCUT2D eigenvalue weighted by Gasteiger charge is -2.30. The summed E-state index contributed by atoms with van der Waals surface area (Å²) in [4.78, 5) is 13.0. The predicted molar refractivity (Wildman–Crippen MR) is 77.9 cm³/mol. The van der Waals surface area contributed by atoms with Gasteiger partial charge < -0.3 is 5.32 Å². The van der Waals surface area contributed by atoms with Crippen LogP contribution in [0, 0.1) is 0 Å².